The first-order valence-electron chi connectivity index (χ1n) is 14.6. The maximum atomic E-state index is 15.0. The molecule has 3 aliphatic rings. The number of ether oxygens (including phenoxy) is 4. The summed E-state index contributed by atoms with van der Waals surface area (Å²) < 4.78 is 135. The van der Waals surface area contributed by atoms with Crippen LogP contribution in [0.15, 0.2) is 30.3 Å². The molecule has 238 valence electrons. The third-order valence-corrected chi connectivity index (χ3v) is 8.80. The van der Waals surface area contributed by atoms with E-state index < -0.39 is 59.0 Å². The summed E-state index contributed by atoms with van der Waals surface area (Å²) in [5, 5.41) is 0. The molecule has 5 rings (SSSR count). The summed E-state index contributed by atoms with van der Waals surface area (Å²) in [4.78, 5) is 0. The third-order valence-electron chi connectivity index (χ3n) is 8.80. The molecule has 0 amide bonds. The van der Waals surface area contributed by atoms with E-state index in [1.165, 1.54) is 12.1 Å². The van der Waals surface area contributed by atoms with Crippen molar-refractivity contribution in [2.75, 3.05) is 13.2 Å². The van der Waals surface area contributed by atoms with E-state index in [0.717, 1.165) is 6.07 Å². The lowest BCUT2D eigenvalue weighted by atomic mass is 9.78. The molecule has 1 heterocycles. The van der Waals surface area contributed by atoms with Gasteiger partial charge in [-0.25, -0.2) is 17.6 Å². The molecule has 0 aromatic heterocycles. The van der Waals surface area contributed by atoms with Gasteiger partial charge in [-0.2, -0.15) is 17.6 Å². The minimum absolute atomic E-state index is 0.0341. The zero-order chi connectivity index (χ0) is 30.9. The quantitative estimate of drug-likeness (QED) is 0.218. The summed E-state index contributed by atoms with van der Waals surface area (Å²) in [6.07, 6.45) is -6.21. The molecular formula is C31H34F8O4. The number of halogens is 8. The van der Waals surface area contributed by atoms with Crippen molar-refractivity contribution in [2.24, 2.45) is 23.7 Å². The van der Waals surface area contributed by atoms with Crippen LogP contribution in [0.2, 0.25) is 0 Å². The van der Waals surface area contributed by atoms with E-state index in [2.05, 4.69) is 4.74 Å². The van der Waals surface area contributed by atoms with Crippen molar-refractivity contribution in [3.05, 3.63) is 59.2 Å². The minimum atomic E-state index is -3.81. The largest absolute Gasteiger partial charge is 0.432 e. The van der Waals surface area contributed by atoms with E-state index in [1.807, 2.05) is 6.92 Å². The lowest BCUT2D eigenvalue weighted by molar-refractivity contribution is -0.246. The second kappa shape index (κ2) is 12.8. The molecule has 12 heteroatoms. The molecule has 1 aliphatic heterocycles. The third kappa shape index (κ3) is 7.38. The zero-order valence-electron chi connectivity index (χ0n) is 23.6. The Hall–Kier alpha value is -2.60. The van der Waals surface area contributed by atoms with Gasteiger partial charge < -0.3 is 18.9 Å². The molecule has 0 atom stereocenters. The average Bonchev–Trinajstić information content (AvgIpc) is 2.96. The van der Waals surface area contributed by atoms with Gasteiger partial charge in [-0.15, -0.1) is 0 Å². The molecule has 3 fully saturated rings. The maximum Gasteiger partial charge on any atom is 0.400 e. The Labute approximate surface area is 244 Å². The van der Waals surface area contributed by atoms with Crippen LogP contribution in [0.1, 0.15) is 69.8 Å². The number of hydrogen-bond acceptors (Lipinski definition) is 4. The summed E-state index contributed by atoms with van der Waals surface area (Å²) in [6.45, 7) is 3.17. The maximum absolute atomic E-state index is 15.0. The minimum Gasteiger partial charge on any atom is -0.432 e. The van der Waals surface area contributed by atoms with Crippen LogP contribution in [-0.2, 0) is 9.47 Å². The van der Waals surface area contributed by atoms with Crippen molar-refractivity contribution in [3.63, 3.8) is 0 Å². The van der Waals surface area contributed by atoms with Crippen molar-refractivity contribution in [3.8, 4) is 11.5 Å². The van der Waals surface area contributed by atoms with Crippen LogP contribution in [0.5, 0.6) is 11.5 Å². The van der Waals surface area contributed by atoms with Crippen LogP contribution in [0.25, 0.3) is 0 Å². The molecule has 43 heavy (non-hydrogen) atoms. The topological polar surface area (TPSA) is 36.9 Å². The van der Waals surface area contributed by atoms with Gasteiger partial charge in [-0.05, 0) is 68.9 Å². The summed E-state index contributed by atoms with van der Waals surface area (Å²) >= 11 is 0. The molecule has 4 nitrogen and oxygen atoms in total. The summed E-state index contributed by atoms with van der Waals surface area (Å²) in [5.41, 5.74) is 0.198. The molecule has 0 unspecified atom stereocenters. The summed E-state index contributed by atoms with van der Waals surface area (Å²) in [5.74, 6) is -9.56. The molecule has 2 aromatic carbocycles. The number of benzene rings is 2. The second-order valence-electron chi connectivity index (χ2n) is 12.0. The molecule has 2 aliphatic carbocycles. The Morgan fingerprint density at radius 2 is 1.14 bits per heavy atom. The fourth-order valence-corrected chi connectivity index (χ4v) is 6.33. The van der Waals surface area contributed by atoms with Gasteiger partial charge in [0, 0.05) is 30.0 Å². The predicted molar refractivity (Wildman–Crippen MR) is 139 cm³/mol. The molecular weight excluding hydrogens is 588 g/mol. The van der Waals surface area contributed by atoms with Gasteiger partial charge in [0.15, 0.2) is 23.7 Å². The first-order chi connectivity index (χ1) is 20.3. The fourth-order valence-electron chi connectivity index (χ4n) is 6.33. The highest BCUT2D eigenvalue weighted by atomic mass is 19.3. The lowest BCUT2D eigenvalue weighted by Gasteiger charge is -2.38. The Kier molecular flexibility index (Phi) is 9.46. The molecule has 0 bridgehead atoms. The monoisotopic (exact) mass is 622 g/mol. The standard InChI is InChI=1S/C31H34F8O4/c1-17-15-40-29(41-16-17)19-4-8-21(9-5-19)30(36,37)42-22-10-11-24(25(32)12-22)18-2-6-20(7-3-18)31(38,39)43-23-13-26(33)28(35)27(34)14-23/h10-14,17-21,29H,2-9,15-16H2,1H3. The molecule has 2 aromatic rings. The van der Waals surface area contributed by atoms with Crippen molar-refractivity contribution < 1.29 is 54.1 Å². The van der Waals surface area contributed by atoms with Crippen molar-refractivity contribution in [1.82, 2.24) is 0 Å². The van der Waals surface area contributed by atoms with Crippen LogP contribution < -0.4 is 9.47 Å². The van der Waals surface area contributed by atoms with Crippen LogP contribution in [0.4, 0.5) is 35.1 Å². The highest BCUT2D eigenvalue weighted by Crippen LogP contribution is 2.45. The van der Waals surface area contributed by atoms with Gasteiger partial charge in [0.1, 0.15) is 17.3 Å². The number of alkyl halides is 4. The molecule has 0 radical (unpaired) electrons. The highest BCUT2D eigenvalue weighted by Gasteiger charge is 2.46. The fraction of sp³-hybridized carbons (Fsp3) is 0.613. The van der Waals surface area contributed by atoms with Crippen molar-refractivity contribution in [2.45, 2.75) is 82.7 Å². The predicted octanol–water partition coefficient (Wildman–Crippen LogP) is 8.98. The van der Waals surface area contributed by atoms with Crippen LogP contribution in [0, 0.1) is 46.9 Å². The van der Waals surface area contributed by atoms with Crippen molar-refractivity contribution in [1.29, 1.82) is 0 Å². The molecule has 1 saturated heterocycles. The smallest absolute Gasteiger partial charge is 0.400 e. The Morgan fingerprint density at radius 1 is 0.651 bits per heavy atom. The van der Waals surface area contributed by atoms with Crippen LogP contribution >= 0.6 is 0 Å². The lowest BCUT2D eigenvalue weighted by Crippen LogP contribution is -2.41. The molecule has 0 N–H and O–H groups in total. The van der Waals surface area contributed by atoms with E-state index in [1.54, 1.807) is 0 Å². The van der Waals surface area contributed by atoms with Gasteiger partial charge in [0.25, 0.3) is 0 Å². The van der Waals surface area contributed by atoms with Gasteiger partial charge >= 0.3 is 12.2 Å². The van der Waals surface area contributed by atoms with E-state index in [0.29, 0.717) is 44.1 Å². The van der Waals surface area contributed by atoms with Crippen LogP contribution in [-0.4, -0.2) is 31.7 Å². The Balaban J connectivity index is 1.13. The zero-order valence-corrected chi connectivity index (χ0v) is 23.6. The Bertz CT molecular complexity index is 1230. The van der Waals surface area contributed by atoms with Crippen molar-refractivity contribution >= 4 is 0 Å². The first kappa shape index (κ1) is 31.8. The summed E-state index contributed by atoms with van der Waals surface area (Å²) in [6, 6.07) is 4.16. The Morgan fingerprint density at radius 3 is 1.67 bits per heavy atom. The summed E-state index contributed by atoms with van der Waals surface area (Å²) in [7, 11) is 0. The van der Waals surface area contributed by atoms with E-state index in [-0.39, 0.29) is 62.0 Å². The van der Waals surface area contributed by atoms with Gasteiger partial charge in [-0.3, -0.25) is 0 Å². The molecule has 2 saturated carbocycles. The van der Waals surface area contributed by atoms with Gasteiger partial charge in [-0.1, -0.05) is 13.0 Å². The normalized spacial score (nSPS) is 28.9. The number of hydrogen-bond donors (Lipinski definition) is 0. The molecule has 0 spiro atoms. The van der Waals surface area contributed by atoms with E-state index >= 15 is 13.2 Å². The van der Waals surface area contributed by atoms with Crippen LogP contribution in [0.3, 0.4) is 0 Å². The average molecular weight is 623 g/mol. The number of rotatable bonds is 8. The second-order valence-corrected chi connectivity index (χ2v) is 12.0. The highest BCUT2D eigenvalue weighted by molar-refractivity contribution is 5.32. The van der Waals surface area contributed by atoms with Gasteiger partial charge in [0.2, 0.25) is 0 Å². The SMILES string of the molecule is CC1COC(C2CCC(C(F)(F)Oc3ccc(C4CCC(C(F)(F)Oc5cc(F)c(F)c(F)c5)CC4)c(F)c3)CC2)OC1. The first-order valence-corrected chi connectivity index (χ1v) is 14.6. The van der Waals surface area contributed by atoms with Gasteiger partial charge in [0.05, 0.1) is 25.0 Å². The van der Waals surface area contributed by atoms with E-state index in [4.69, 9.17) is 14.2 Å². The van der Waals surface area contributed by atoms with E-state index in [9.17, 15) is 22.0 Å².